The van der Waals surface area contributed by atoms with Crippen molar-refractivity contribution < 1.29 is 4.79 Å². The molecule has 22 heavy (non-hydrogen) atoms. The van der Waals surface area contributed by atoms with Gasteiger partial charge in [-0.1, -0.05) is 38.8 Å². The van der Waals surface area contributed by atoms with E-state index in [-0.39, 0.29) is 6.03 Å². The van der Waals surface area contributed by atoms with Crippen LogP contribution in [-0.2, 0) is 0 Å². The first-order valence-corrected chi connectivity index (χ1v) is 8.18. The third-order valence-electron chi connectivity index (χ3n) is 4.17. The van der Waals surface area contributed by atoms with Crippen molar-refractivity contribution in [1.82, 2.24) is 4.90 Å². The predicted molar refractivity (Wildman–Crippen MR) is 88.6 cm³/mol. The molecule has 2 rings (SSSR count). The summed E-state index contributed by atoms with van der Waals surface area (Å²) in [7, 11) is 0. The zero-order valence-electron chi connectivity index (χ0n) is 13.5. The van der Waals surface area contributed by atoms with Gasteiger partial charge in [0, 0.05) is 12.6 Å². The van der Waals surface area contributed by atoms with Crippen molar-refractivity contribution in [3.63, 3.8) is 0 Å². The molecule has 0 saturated carbocycles. The summed E-state index contributed by atoms with van der Waals surface area (Å²) in [4.78, 5) is 14.7. The highest BCUT2D eigenvalue weighted by atomic mass is 16.2. The maximum atomic E-state index is 12.7. The number of carbonyl (C=O) groups is 1. The molecule has 1 saturated heterocycles. The van der Waals surface area contributed by atoms with E-state index in [1.807, 2.05) is 17.0 Å². The maximum absolute atomic E-state index is 12.7. The number of nitrogens with zero attached hydrogens (tertiary/aromatic N) is 2. The number of urea groups is 1. The van der Waals surface area contributed by atoms with E-state index in [9.17, 15) is 4.79 Å². The lowest BCUT2D eigenvalue weighted by atomic mass is 9.99. The molecule has 118 valence electrons. The minimum Gasteiger partial charge on any atom is -0.322 e. The molecule has 0 radical (unpaired) electrons. The van der Waals surface area contributed by atoms with Crippen molar-refractivity contribution >= 4 is 11.7 Å². The molecule has 1 unspecified atom stereocenters. The SMILES string of the molecule is CC(C)CC1CCCCCN1C(=O)Nc1ccccc1C#N. The van der Waals surface area contributed by atoms with Gasteiger partial charge in [-0.05, 0) is 37.3 Å². The fourth-order valence-corrected chi connectivity index (χ4v) is 3.11. The monoisotopic (exact) mass is 299 g/mol. The van der Waals surface area contributed by atoms with Gasteiger partial charge in [-0.25, -0.2) is 4.79 Å². The lowest BCUT2D eigenvalue weighted by molar-refractivity contribution is 0.178. The van der Waals surface area contributed by atoms with E-state index in [0.717, 1.165) is 25.8 Å². The fourth-order valence-electron chi connectivity index (χ4n) is 3.11. The number of hydrogen-bond acceptors (Lipinski definition) is 2. The van der Waals surface area contributed by atoms with E-state index < -0.39 is 0 Å². The third kappa shape index (κ3) is 4.24. The van der Waals surface area contributed by atoms with Gasteiger partial charge in [0.25, 0.3) is 0 Å². The Morgan fingerprint density at radius 2 is 2.14 bits per heavy atom. The Morgan fingerprint density at radius 3 is 2.86 bits per heavy atom. The van der Waals surface area contributed by atoms with Gasteiger partial charge < -0.3 is 10.2 Å². The second-order valence-corrected chi connectivity index (χ2v) is 6.41. The average Bonchev–Trinajstić information content (AvgIpc) is 2.72. The largest absolute Gasteiger partial charge is 0.322 e. The van der Waals surface area contributed by atoms with E-state index in [4.69, 9.17) is 5.26 Å². The van der Waals surface area contributed by atoms with Crippen LogP contribution in [0.3, 0.4) is 0 Å². The summed E-state index contributed by atoms with van der Waals surface area (Å²) < 4.78 is 0. The van der Waals surface area contributed by atoms with E-state index in [2.05, 4.69) is 25.2 Å². The summed E-state index contributed by atoms with van der Waals surface area (Å²) in [6.45, 7) is 5.20. The summed E-state index contributed by atoms with van der Waals surface area (Å²) in [6, 6.07) is 9.51. The number of nitriles is 1. The van der Waals surface area contributed by atoms with Crippen LogP contribution in [0.15, 0.2) is 24.3 Å². The predicted octanol–water partition coefficient (Wildman–Crippen LogP) is 4.38. The molecule has 1 N–H and O–H groups in total. The van der Waals surface area contributed by atoms with E-state index in [1.165, 1.54) is 12.8 Å². The smallest absolute Gasteiger partial charge is 0.322 e. The third-order valence-corrected chi connectivity index (χ3v) is 4.17. The molecule has 1 atom stereocenters. The first kappa shape index (κ1) is 16.4. The van der Waals surface area contributed by atoms with Gasteiger partial charge >= 0.3 is 6.03 Å². The number of anilines is 1. The second-order valence-electron chi connectivity index (χ2n) is 6.41. The topological polar surface area (TPSA) is 56.1 Å². The molecular weight excluding hydrogens is 274 g/mol. The highest BCUT2D eigenvalue weighted by molar-refractivity contribution is 5.91. The highest BCUT2D eigenvalue weighted by Gasteiger charge is 2.26. The molecule has 0 aliphatic carbocycles. The molecule has 2 amide bonds. The minimum absolute atomic E-state index is 0.0738. The summed E-state index contributed by atoms with van der Waals surface area (Å²) in [5.74, 6) is 0.574. The molecule has 4 heteroatoms. The molecule has 0 spiro atoms. The first-order valence-electron chi connectivity index (χ1n) is 8.18. The maximum Gasteiger partial charge on any atom is 0.322 e. The van der Waals surface area contributed by atoms with Crippen LogP contribution in [0.5, 0.6) is 0 Å². The summed E-state index contributed by atoms with van der Waals surface area (Å²) in [5, 5.41) is 12.1. The normalized spacial score (nSPS) is 18.6. The molecular formula is C18H25N3O. The molecule has 0 aromatic heterocycles. The van der Waals surface area contributed by atoms with Crippen LogP contribution in [0.1, 0.15) is 51.5 Å². The van der Waals surface area contributed by atoms with Gasteiger partial charge in [0.05, 0.1) is 11.3 Å². The van der Waals surface area contributed by atoms with Gasteiger partial charge in [-0.3, -0.25) is 0 Å². The summed E-state index contributed by atoms with van der Waals surface area (Å²) >= 11 is 0. The van der Waals surface area contributed by atoms with E-state index in [0.29, 0.717) is 23.2 Å². The average molecular weight is 299 g/mol. The molecule has 4 nitrogen and oxygen atoms in total. The Bertz CT molecular complexity index is 548. The molecule has 1 aliphatic rings. The standard InChI is InChI=1S/C18H25N3O/c1-14(2)12-16-9-4-3-7-11-21(16)18(22)20-17-10-6-5-8-15(17)13-19/h5-6,8,10,14,16H,3-4,7,9,11-12H2,1-2H3,(H,20,22). The van der Waals surface area contributed by atoms with Crippen LogP contribution in [-0.4, -0.2) is 23.5 Å². The van der Waals surface area contributed by atoms with Gasteiger partial charge in [0.2, 0.25) is 0 Å². The van der Waals surface area contributed by atoms with Crippen LogP contribution >= 0.6 is 0 Å². The lowest BCUT2D eigenvalue weighted by Gasteiger charge is -2.31. The molecule has 1 heterocycles. The molecule has 1 fully saturated rings. The first-order chi connectivity index (χ1) is 10.6. The number of carbonyl (C=O) groups excluding carboxylic acids is 1. The van der Waals surface area contributed by atoms with Crippen LogP contribution in [0.25, 0.3) is 0 Å². The van der Waals surface area contributed by atoms with Gasteiger partial charge in [-0.15, -0.1) is 0 Å². The van der Waals surface area contributed by atoms with E-state index in [1.54, 1.807) is 12.1 Å². The Morgan fingerprint density at radius 1 is 1.36 bits per heavy atom. The molecule has 0 bridgehead atoms. The van der Waals surface area contributed by atoms with E-state index >= 15 is 0 Å². The van der Waals surface area contributed by atoms with Crippen molar-refractivity contribution in [2.45, 2.75) is 52.0 Å². The highest BCUT2D eigenvalue weighted by Crippen LogP contribution is 2.24. The quantitative estimate of drug-likeness (QED) is 0.900. The van der Waals surface area contributed by atoms with Crippen LogP contribution in [0, 0.1) is 17.2 Å². The van der Waals surface area contributed by atoms with Gasteiger partial charge in [0.15, 0.2) is 0 Å². The van der Waals surface area contributed by atoms with Crippen molar-refractivity contribution in [3.8, 4) is 6.07 Å². The number of benzene rings is 1. The minimum atomic E-state index is -0.0738. The Labute approximate surface area is 133 Å². The zero-order chi connectivity index (χ0) is 15.9. The van der Waals surface area contributed by atoms with Crippen molar-refractivity contribution in [3.05, 3.63) is 29.8 Å². The van der Waals surface area contributed by atoms with Crippen molar-refractivity contribution in [2.75, 3.05) is 11.9 Å². The Balaban J connectivity index is 2.12. The van der Waals surface area contributed by atoms with Crippen molar-refractivity contribution in [2.24, 2.45) is 5.92 Å². The Hall–Kier alpha value is -2.02. The fraction of sp³-hybridized carbons (Fsp3) is 0.556. The number of para-hydroxylation sites is 1. The zero-order valence-corrected chi connectivity index (χ0v) is 13.5. The second kappa shape index (κ2) is 7.84. The lowest BCUT2D eigenvalue weighted by Crippen LogP contribution is -2.43. The van der Waals surface area contributed by atoms with Crippen LogP contribution in [0.4, 0.5) is 10.5 Å². The molecule has 1 aromatic carbocycles. The van der Waals surface area contributed by atoms with Crippen molar-refractivity contribution in [1.29, 1.82) is 5.26 Å². The van der Waals surface area contributed by atoms with Crippen LogP contribution < -0.4 is 5.32 Å². The molecule has 1 aliphatic heterocycles. The molecule has 1 aromatic rings. The summed E-state index contributed by atoms with van der Waals surface area (Å²) in [6.07, 6.45) is 5.55. The summed E-state index contributed by atoms with van der Waals surface area (Å²) in [5.41, 5.74) is 1.11. The number of likely N-dealkylation sites (tertiary alicyclic amines) is 1. The number of nitrogens with one attached hydrogen (secondary N) is 1. The number of rotatable bonds is 3. The number of amides is 2. The van der Waals surface area contributed by atoms with Crippen LogP contribution in [0.2, 0.25) is 0 Å². The van der Waals surface area contributed by atoms with Gasteiger partial charge in [-0.2, -0.15) is 5.26 Å². The number of hydrogen-bond donors (Lipinski definition) is 1. The Kier molecular flexibility index (Phi) is 5.83. The van der Waals surface area contributed by atoms with Gasteiger partial charge in [0.1, 0.15) is 6.07 Å².